The second kappa shape index (κ2) is 8.38. The number of hydrogen-bond acceptors (Lipinski definition) is 2. The average molecular weight is 280 g/mol. The Morgan fingerprint density at radius 3 is 2.40 bits per heavy atom. The van der Waals surface area contributed by atoms with E-state index in [1.54, 1.807) is 0 Å². The van der Waals surface area contributed by atoms with Gasteiger partial charge in [0.2, 0.25) is 0 Å². The van der Waals surface area contributed by atoms with Crippen molar-refractivity contribution < 1.29 is 0 Å². The van der Waals surface area contributed by atoms with Crippen molar-refractivity contribution in [3.05, 3.63) is 0 Å². The predicted octanol–water partition coefficient (Wildman–Crippen LogP) is 3.91. The van der Waals surface area contributed by atoms with Gasteiger partial charge in [-0.3, -0.25) is 0 Å². The van der Waals surface area contributed by atoms with Gasteiger partial charge in [0.25, 0.3) is 0 Å². The van der Waals surface area contributed by atoms with Crippen LogP contribution in [0.2, 0.25) is 0 Å². The molecule has 2 saturated carbocycles. The van der Waals surface area contributed by atoms with E-state index in [2.05, 4.69) is 31.1 Å². The minimum absolute atomic E-state index is 0.779. The van der Waals surface area contributed by atoms with E-state index < -0.39 is 0 Å². The van der Waals surface area contributed by atoms with Crippen molar-refractivity contribution in [3.63, 3.8) is 0 Å². The molecule has 0 amide bonds. The Hall–Kier alpha value is -0.0800. The van der Waals surface area contributed by atoms with Crippen LogP contribution in [-0.4, -0.2) is 37.6 Å². The van der Waals surface area contributed by atoms with E-state index in [1.165, 1.54) is 71.0 Å². The second-order valence-corrected chi connectivity index (χ2v) is 7.43. The fraction of sp³-hybridized carbons (Fsp3) is 1.00. The zero-order valence-corrected chi connectivity index (χ0v) is 14.0. The van der Waals surface area contributed by atoms with Crippen LogP contribution in [-0.2, 0) is 0 Å². The lowest BCUT2D eigenvalue weighted by Gasteiger charge is -2.40. The third-order valence-corrected chi connectivity index (χ3v) is 5.67. The molecule has 118 valence electrons. The Labute approximate surface area is 126 Å². The summed E-state index contributed by atoms with van der Waals surface area (Å²) in [7, 11) is 2.35. The highest BCUT2D eigenvalue weighted by atomic mass is 15.1. The zero-order valence-electron chi connectivity index (χ0n) is 14.0. The Morgan fingerprint density at radius 2 is 1.80 bits per heavy atom. The lowest BCUT2D eigenvalue weighted by Crippen LogP contribution is -2.46. The van der Waals surface area contributed by atoms with E-state index >= 15 is 0 Å². The van der Waals surface area contributed by atoms with E-state index in [1.807, 2.05) is 0 Å². The molecule has 0 radical (unpaired) electrons. The van der Waals surface area contributed by atoms with Crippen LogP contribution in [0.3, 0.4) is 0 Å². The Bertz CT molecular complexity index is 262. The molecule has 0 saturated heterocycles. The van der Waals surface area contributed by atoms with Gasteiger partial charge >= 0.3 is 0 Å². The molecule has 2 fully saturated rings. The fourth-order valence-corrected chi connectivity index (χ4v) is 4.12. The Balaban J connectivity index is 1.81. The van der Waals surface area contributed by atoms with Crippen molar-refractivity contribution >= 4 is 0 Å². The van der Waals surface area contributed by atoms with Gasteiger partial charge in [0.1, 0.15) is 0 Å². The zero-order chi connectivity index (χ0) is 14.4. The first-order valence-electron chi connectivity index (χ1n) is 9.14. The van der Waals surface area contributed by atoms with Crippen LogP contribution in [0.4, 0.5) is 0 Å². The van der Waals surface area contributed by atoms with E-state index in [-0.39, 0.29) is 0 Å². The first-order valence-corrected chi connectivity index (χ1v) is 9.14. The summed E-state index contributed by atoms with van der Waals surface area (Å²) in [6, 6.07) is 0.779. The summed E-state index contributed by atoms with van der Waals surface area (Å²) in [5, 5.41) is 3.83. The lowest BCUT2D eigenvalue weighted by atomic mass is 9.76. The maximum Gasteiger partial charge on any atom is 0.0108 e. The molecule has 0 aromatic carbocycles. The number of hydrogen-bond donors (Lipinski definition) is 1. The number of rotatable bonds is 8. The summed E-state index contributed by atoms with van der Waals surface area (Å²) in [6.45, 7) is 8.51. The van der Waals surface area contributed by atoms with Crippen molar-refractivity contribution in [1.82, 2.24) is 10.2 Å². The van der Waals surface area contributed by atoms with Crippen molar-refractivity contribution in [3.8, 4) is 0 Å². The largest absolute Gasteiger partial charge is 0.314 e. The fourth-order valence-electron chi connectivity index (χ4n) is 4.12. The molecule has 0 aliphatic heterocycles. The first-order chi connectivity index (χ1) is 9.72. The normalized spacial score (nSPS) is 31.5. The Morgan fingerprint density at radius 1 is 1.00 bits per heavy atom. The molecule has 3 unspecified atom stereocenters. The highest BCUT2D eigenvalue weighted by Crippen LogP contribution is 2.33. The van der Waals surface area contributed by atoms with Gasteiger partial charge in [-0.2, -0.15) is 0 Å². The highest BCUT2D eigenvalue weighted by molar-refractivity contribution is 4.86. The molecule has 2 heteroatoms. The highest BCUT2D eigenvalue weighted by Gasteiger charge is 2.30. The van der Waals surface area contributed by atoms with Crippen LogP contribution in [0, 0.1) is 17.8 Å². The molecule has 1 N–H and O–H groups in total. The van der Waals surface area contributed by atoms with Gasteiger partial charge in [0, 0.05) is 19.1 Å². The average Bonchev–Trinajstić information content (AvgIpc) is 2.41. The molecule has 2 aliphatic carbocycles. The van der Waals surface area contributed by atoms with Crippen LogP contribution in [0.5, 0.6) is 0 Å². The van der Waals surface area contributed by atoms with Gasteiger partial charge in [0.05, 0.1) is 0 Å². The predicted molar refractivity (Wildman–Crippen MR) is 88.0 cm³/mol. The SMILES string of the molecule is CCCNC1CCC(CC)CC1CN(C)CC1CCC1. The quantitative estimate of drug-likeness (QED) is 0.725. The third kappa shape index (κ3) is 4.73. The summed E-state index contributed by atoms with van der Waals surface area (Å²) in [5.41, 5.74) is 0. The van der Waals surface area contributed by atoms with E-state index in [0.29, 0.717) is 0 Å². The van der Waals surface area contributed by atoms with Gasteiger partial charge in [-0.25, -0.2) is 0 Å². The van der Waals surface area contributed by atoms with E-state index in [9.17, 15) is 0 Å². The molecule has 2 rings (SSSR count). The molecule has 2 nitrogen and oxygen atoms in total. The Kier molecular flexibility index (Phi) is 6.83. The molecular formula is C18H36N2. The van der Waals surface area contributed by atoms with Gasteiger partial charge in [-0.1, -0.05) is 26.7 Å². The maximum absolute atomic E-state index is 3.83. The second-order valence-electron chi connectivity index (χ2n) is 7.43. The molecule has 20 heavy (non-hydrogen) atoms. The monoisotopic (exact) mass is 280 g/mol. The number of nitrogens with zero attached hydrogens (tertiary/aromatic N) is 1. The molecule has 0 heterocycles. The van der Waals surface area contributed by atoms with Crippen molar-refractivity contribution in [2.75, 3.05) is 26.7 Å². The molecule has 0 spiro atoms. The van der Waals surface area contributed by atoms with Crippen LogP contribution in [0.25, 0.3) is 0 Å². The van der Waals surface area contributed by atoms with E-state index in [4.69, 9.17) is 0 Å². The topological polar surface area (TPSA) is 15.3 Å². The minimum Gasteiger partial charge on any atom is -0.314 e. The van der Waals surface area contributed by atoms with Gasteiger partial charge in [-0.15, -0.1) is 0 Å². The maximum atomic E-state index is 3.83. The van der Waals surface area contributed by atoms with Crippen LogP contribution < -0.4 is 5.32 Å². The summed E-state index contributed by atoms with van der Waals surface area (Å²) in [4.78, 5) is 2.63. The smallest absolute Gasteiger partial charge is 0.0108 e. The first kappa shape index (κ1) is 16.3. The summed E-state index contributed by atoms with van der Waals surface area (Å²) in [6.07, 6.45) is 11.4. The standard InChI is InChI=1S/C18H36N2/c1-4-11-19-18-10-9-15(5-2)12-17(18)14-20(3)13-16-7-6-8-16/h15-19H,4-14H2,1-3H3. The van der Waals surface area contributed by atoms with Crippen molar-refractivity contribution in [2.45, 2.75) is 71.3 Å². The molecular weight excluding hydrogens is 244 g/mol. The van der Waals surface area contributed by atoms with Gasteiger partial charge < -0.3 is 10.2 Å². The lowest BCUT2D eigenvalue weighted by molar-refractivity contribution is 0.128. The van der Waals surface area contributed by atoms with E-state index in [0.717, 1.165) is 23.8 Å². The molecule has 3 atom stereocenters. The molecule has 0 aromatic heterocycles. The van der Waals surface area contributed by atoms with Gasteiger partial charge in [0.15, 0.2) is 0 Å². The van der Waals surface area contributed by atoms with Crippen LogP contribution >= 0.6 is 0 Å². The van der Waals surface area contributed by atoms with Crippen LogP contribution in [0.15, 0.2) is 0 Å². The number of nitrogens with one attached hydrogen (secondary N) is 1. The third-order valence-electron chi connectivity index (χ3n) is 5.67. The molecule has 0 bridgehead atoms. The van der Waals surface area contributed by atoms with Gasteiger partial charge in [-0.05, 0) is 69.9 Å². The molecule has 0 aromatic rings. The van der Waals surface area contributed by atoms with Crippen molar-refractivity contribution in [2.24, 2.45) is 17.8 Å². The molecule has 2 aliphatic rings. The van der Waals surface area contributed by atoms with Crippen LogP contribution in [0.1, 0.15) is 65.2 Å². The summed E-state index contributed by atoms with van der Waals surface area (Å²) < 4.78 is 0. The summed E-state index contributed by atoms with van der Waals surface area (Å²) in [5.74, 6) is 2.87. The summed E-state index contributed by atoms with van der Waals surface area (Å²) >= 11 is 0. The minimum atomic E-state index is 0.779. The van der Waals surface area contributed by atoms with Crippen molar-refractivity contribution in [1.29, 1.82) is 0 Å².